The molecule has 18 heavy (non-hydrogen) atoms. The van der Waals surface area contributed by atoms with Crippen molar-refractivity contribution < 1.29 is 14.7 Å². The van der Waals surface area contributed by atoms with E-state index in [4.69, 9.17) is 16.7 Å². The van der Waals surface area contributed by atoms with Gasteiger partial charge in [0.25, 0.3) is 0 Å². The number of hydrogen-bond donors (Lipinski definition) is 3. The number of carboxylic acid groups (broad SMARTS) is 1. The molecule has 1 atom stereocenters. The van der Waals surface area contributed by atoms with Gasteiger partial charge in [-0.05, 0) is 17.7 Å². The molecule has 0 aromatic heterocycles. The van der Waals surface area contributed by atoms with Crippen LogP contribution in [0.5, 0.6) is 0 Å². The van der Waals surface area contributed by atoms with Gasteiger partial charge in [-0.3, -0.25) is 4.79 Å². The minimum absolute atomic E-state index is 0.0990. The van der Waals surface area contributed by atoms with Gasteiger partial charge in [0.15, 0.2) is 0 Å². The van der Waals surface area contributed by atoms with Crippen LogP contribution < -0.4 is 10.6 Å². The molecule has 6 heteroatoms. The second-order valence-corrected chi connectivity index (χ2v) is 4.37. The van der Waals surface area contributed by atoms with E-state index in [1.54, 1.807) is 12.1 Å². The van der Waals surface area contributed by atoms with E-state index in [-0.39, 0.29) is 6.54 Å². The van der Waals surface area contributed by atoms with E-state index in [2.05, 4.69) is 10.6 Å². The molecule has 0 bridgehead atoms. The zero-order chi connectivity index (χ0) is 13.5. The van der Waals surface area contributed by atoms with Crippen molar-refractivity contribution in [2.75, 3.05) is 6.54 Å². The van der Waals surface area contributed by atoms with Gasteiger partial charge in [-0.25, -0.2) is 4.79 Å². The minimum atomic E-state index is -0.937. The van der Waals surface area contributed by atoms with Gasteiger partial charge in [-0.2, -0.15) is 0 Å². The van der Waals surface area contributed by atoms with Gasteiger partial charge in [-0.15, -0.1) is 0 Å². The molecule has 0 spiro atoms. The van der Waals surface area contributed by atoms with Crippen LogP contribution in [0, 0.1) is 5.92 Å². The molecule has 0 unspecified atom stereocenters. The number of aliphatic carboxylic acids is 1. The first-order chi connectivity index (χ1) is 8.49. The summed E-state index contributed by atoms with van der Waals surface area (Å²) in [5.41, 5.74) is 0.917. The van der Waals surface area contributed by atoms with Gasteiger partial charge in [0.05, 0.1) is 5.92 Å². The highest BCUT2D eigenvalue weighted by molar-refractivity contribution is 6.30. The SMILES string of the molecule is C[C@@H](CNC(=O)NCc1ccc(Cl)cc1)C(=O)O. The summed E-state index contributed by atoms with van der Waals surface area (Å²) < 4.78 is 0. The van der Waals surface area contributed by atoms with E-state index in [0.29, 0.717) is 11.6 Å². The maximum absolute atomic E-state index is 11.4. The highest BCUT2D eigenvalue weighted by Gasteiger charge is 2.11. The van der Waals surface area contributed by atoms with Crippen molar-refractivity contribution in [1.82, 2.24) is 10.6 Å². The van der Waals surface area contributed by atoms with Crippen LogP contribution >= 0.6 is 11.6 Å². The smallest absolute Gasteiger partial charge is 0.315 e. The van der Waals surface area contributed by atoms with Crippen LogP contribution in [0.4, 0.5) is 4.79 Å². The molecule has 0 fully saturated rings. The third-order valence-corrected chi connectivity index (χ3v) is 2.61. The minimum Gasteiger partial charge on any atom is -0.481 e. The van der Waals surface area contributed by atoms with E-state index in [0.717, 1.165) is 5.56 Å². The Bertz CT molecular complexity index is 420. The van der Waals surface area contributed by atoms with Crippen LogP contribution in [0.25, 0.3) is 0 Å². The molecule has 0 aliphatic heterocycles. The van der Waals surface area contributed by atoms with Crippen LogP contribution in [0.3, 0.4) is 0 Å². The molecule has 0 heterocycles. The second-order valence-electron chi connectivity index (χ2n) is 3.93. The molecular weight excluding hydrogens is 256 g/mol. The molecule has 0 saturated heterocycles. The fourth-order valence-electron chi connectivity index (χ4n) is 1.18. The molecule has 0 aliphatic rings. The fourth-order valence-corrected chi connectivity index (χ4v) is 1.31. The molecule has 0 saturated carbocycles. The van der Waals surface area contributed by atoms with Crippen molar-refractivity contribution in [3.63, 3.8) is 0 Å². The number of hydrogen-bond acceptors (Lipinski definition) is 2. The number of rotatable bonds is 5. The molecule has 5 nitrogen and oxygen atoms in total. The van der Waals surface area contributed by atoms with Crippen LogP contribution in [-0.2, 0) is 11.3 Å². The van der Waals surface area contributed by atoms with E-state index in [1.807, 2.05) is 12.1 Å². The lowest BCUT2D eigenvalue weighted by molar-refractivity contribution is -0.140. The molecule has 3 N–H and O–H groups in total. The summed E-state index contributed by atoms with van der Waals surface area (Å²) in [6, 6.07) is 6.70. The van der Waals surface area contributed by atoms with Gasteiger partial charge >= 0.3 is 12.0 Å². The molecule has 1 rings (SSSR count). The Morgan fingerprint density at radius 1 is 1.28 bits per heavy atom. The summed E-state index contributed by atoms with van der Waals surface area (Å²) in [6.07, 6.45) is 0. The number of nitrogens with one attached hydrogen (secondary N) is 2. The highest BCUT2D eigenvalue weighted by Crippen LogP contribution is 2.08. The lowest BCUT2D eigenvalue weighted by Crippen LogP contribution is -2.38. The topological polar surface area (TPSA) is 78.4 Å². The molecular formula is C12H15ClN2O3. The van der Waals surface area contributed by atoms with Crippen molar-refractivity contribution in [1.29, 1.82) is 0 Å². The molecule has 98 valence electrons. The molecule has 2 amide bonds. The van der Waals surface area contributed by atoms with Crippen LogP contribution in [-0.4, -0.2) is 23.7 Å². The monoisotopic (exact) mass is 270 g/mol. The first kappa shape index (κ1) is 14.3. The number of benzene rings is 1. The number of carboxylic acids is 1. The summed E-state index contributed by atoms with van der Waals surface area (Å²) in [7, 11) is 0. The average Bonchev–Trinajstić information content (AvgIpc) is 2.35. The zero-order valence-electron chi connectivity index (χ0n) is 9.94. The number of amides is 2. The molecule has 0 aliphatic carbocycles. The summed E-state index contributed by atoms with van der Waals surface area (Å²) in [5.74, 6) is -1.54. The Labute approximate surface area is 110 Å². The third-order valence-electron chi connectivity index (χ3n) is 2.36. The van der Waals surface area contributed by atoms with Gasteiger partial charge in [-0.1, -0.05) is 30.7 Å². The lowest BCUT2D eigenvalue weighted by Gasteiger charge is -2.09. The van der Waals surface area contributed by atoms with Crippen LogP contribution in [0.1, 0.15) is 12.5 Å². The molecule has 0 radical (unpaired) electrons. The zero-order valence-corrected chi connectivity index (χ0v) is 10.7. The number of urea groups is 1. The standard InChI is InChI=1S/C12H15ClN2O3/c1-8(11(16)17)6-14-12(18)15-7-9-2-4-10(13)5-3-9/h2-5,8H,6-7H2,1H3,(H,16,17)(H2,14,15,18)/t8-/m0/s1. The van der Waals surface area contributed by atoms with Crippen molar-refractivity contribution in [3.05, 3.63) is 34.9 Å². The first-order valence-electron chi connectivity index (χ1n) is 5.48. The second kappa shape index (κ2) is 6.86. The predicted octanol–water partition coefficient (Wildman–Crippen LogP) is 1.86. The molecule has 1 aromatic rings. The predicted molar refractivity (Wildman–Crippen MR) is 68.5 cm³/mol. The highest BCUT2D eigenvalue weighted by atomic mass is 35.5. The summed E-state index contributed by atoms with van der Waals surface area (Å²) in [4.78, 5) is 21.9. The normalized spacial score (nSPS) is 11.7. The van der Waals surface area contributed by atoms with Gasteiger partial charge in [0.1, 0.15) is 0 Å². The van der Waals surface area contributed by atoms with Gasteiger partial charge in [0.2, 0.25) is 0 Å². The number of carbonyl (C=O) groups excluding carboxylic acids is 1. The average molecular weight is 271 g/mol. The summed E-state index contributed by atoms with van der Waals surface area (Å²) in [6.45, 7) is 1.99. The van der Waals surface area contributed by atoms with Crippen molar-refractivity contribution >= 4 is 23.6 Å². The van der Waals surface area contributed by atoms with E-state index in [9.17, 15) is 9.59 Å². The van der Waals surface area contributed by atoms with E-state index in [1.165, 1.54) is 6.92 Å². The maximum atomic E-state index is 11.4. The van der Waals surface area contributed by atoms with Crippen LogP contribution in [0.15, 0.2) is 24.3 Å². The lowest BCUT2D eigenvalue weighted by atomic mass is 10.2. The van der Waals surface area contributed by atoms with E-state index >= 15 is 0 Å². The Hall–Kier alpha value is -1.75. The van der Waals surface area contributed by atoms with Crippen molar-refractivity contribution in [2.24, 2.45) is 5.92 Å². The maximum Gasteiger partial charge on any atom is 0.315 e. The quantitative estimate of drug-likeness (QED) is 0.764. The summed E-state index contributed by atoms with van der Waals surface area (Å²) >= 11 is 5.73. The number of halogens is 1. The van der Waals surface area contributed by atoms with Crippen molar-refractivity contribution in [3.8, 4) is 0 Å². The fraction of sp³-hybridized carbons (Fsp3) is 0.333. The van der Waals surface area contributed by atoms with E-state index < -0.39 is 17.9 Å². The van der Waals surface area contributed by atoms with Crippen molar-refractivity contribution in [2.45, 2.75) is 13.5 Å². The largest absolute Gasteiger partial charge is 0.481 e. The Balaban J connectivity index is 2.29. The Kier molecular flexibility index (Phi) is 5.45. The Morgan fingerprint density at radius 3 is 2.44 bits per heavy atom. The third kappa shape index (κ3) is 5.05. The summed E-state index contributed by atoms with van der Waals surface area (Å²) in [5, 5.41) is 14.4. The van der Waals surface area contributed by atoms with Gasteiger partial charge in [0, 0.05) is 18.1 Å². The first-order valence-corrected chi connectivity index (χ1v) is 5.86. The number of carbonyl (C=O) groups is 2. The van der Waals surface area contributed by atoms with Gasteiger partial charge < -0.3 is 15.7 Å². The van der Waals surface area contributed by atoms with Crippen LogP contribution in [0.2, 0.25) is 5.02 Å². The Morgan fingerprint density at radius 2 is 1.89 bits per heavy atom. The molecule has 1 aromatic carbocycles.